The molecule has 1 heterocycles. The first-order chi connectivity index (χ1) is 13.0. The molecule has 1 aromatic heterocycles. The number of hydrogen-bond donors (Lipinski definition) is 1. The Morgan fingerprint density at radius 3 is 2.63 bits per heavy atom. The van der Waals surface area contributed by atoms with E-state index in [0.717, 1.165) is 10.8 Å². The van der Waals surface area contributed by atoms with Crippen molar-refractivity contribution in [3.63, 3.8) is 0 Å². The molecule has 0 saturated carbocycles. The normalized spacial score (nSPS) is 10.3. The summed E-state index contributed by atoms with van der Waals surface area (Å²) in [5.41, 5.74) is 2.60. The second-order valence-corrected chi connectivity index (χ2v) is 9.09. The molecular weight excluding hydrogens is 447 g/mol. The lowest BCUT2D eigenvalue weighted by molar-refractivity contribution is -0.105. The van der Waals surface area contributed by atoms with Crippen molar-refractivity contribution in [1.82, 2.24) is 4.98 Å². The van der Waals surface area contributed by atoms with Gasteiger partial charge < -0.3 is 5.32 Å². The van der Waals surface area contributed by atoms with Gasteiger partial charge in [-0.2, -0.15) is 11.8 Å². The van der Waals surface area contributed by atoms with Gasteiger partial charge in [-0.25, -0.2) is 9.37 Å². The Labute approximate surface area is 175 Å². The first-order valence-corrected chi connectivity index (χ1v) is 11.0. The Bertz CT molecular complexity index is 856. The third kappa shape index (κ3) is 7.44. The zero-order chi connectivity index (χ0) is 19.6. The number of benzene rings is 2. The number of hydrogen-bond acceptors (Lipinski definition) is 4. The summed E-state index contributed by atoms with van der Waals surface area (Å²) in [5.74, 6) is 0.563. The van der Waals surface area contributed by atoms with E-state index in [0.29, 0.717) is 16.1 Å². The predicted octanol–water partition coefficient (Wildman–Crippen LogP) is 6.61. The van der Waals surface area contributed by atoms with Crippen LogP contribution in [-0.2, 0) is 10.5 Å². The van der Waals surface area contributed by atoms with Crippen molar-refractivity contribution in [3.8, 4) is 10.6 Å². The van der Waals surface area contributed by atoms with Gasteiger partial charge in [0.1, 0.15) is 10.8 Å². The number of amides is 1. The summed E-state index contributed by atoms with van der Waals surface area (Å²) in [5, 5.41) is 6.18. The third-order valence-electron chi connectivity index (χ3n) is 3.28. The molecule has 3 aromatic rings. The zero-order valence-corrected chi connectivity index (χ0v) is 18.2. The lowest BCUT2D eigenvalue weighted by Gasteiger charge is -2.00. The van der Waals surface area contributed by atoms with Crippen LogP contribution in [0.2, 0.25) is 0 Å². The highest BCUT2D eigenvalue weighted by Crippen LogP contribution is 2.26. The summed E-state index contributed by atoms with van der Waals surface area (Å²) >= 11 is 6.76. The highest BCUT2D eigenvalue weighted by Gasteiger charge is 2.05. The van der Waals surface area contributed by atoms with E-state index in [2.05, 4.69) is 69.7 Å². The second kappa shape index (κ2) is 11.2. The van der Waals surface area contributed by atoms with Gasteiger partial charge in [-0.05, 0) is 23.4 Å². The van der Waals surface area contributed by atoms with Crippen LogP contribution in [-0.4, -0.2) is 16.6 Å². The molecule has 0 atom stereocenters. The van der Waals surface area contributed by atoms with E-state index in [9.17, 15) is 9.18 Å². The summed E-state index contributed by atoms with van der Waals surface area (Å²) in [6.45, 7) is 4.43. The van der Waals surface area contributed by atoms with Gasteiger partial charge in [0.05, 0.1) is 11.4 Å². The fraction of sp³-hybridized carbons (Fsp3) is 0.200. The van der Waals surface area contributed by atoms with Gasteiger partial charge in [-0.3, -0.25) is 4.79 Å². The minimum atomic E-state index is -0.452. The number of thiazole rings is 1. The standard InChI is InChI=1S/C13H15NS2.C7H5BrFNO/c1-10(2)15-8-12-9-16-13(14-12)11-6-4-3-5-7-11;8-5-1-2-7(10-4-11)6(9)3-5/h3-7,9-10H,8H2,1-2H3;1-4H,(H,10,11). The van der Waals surface area contributed by atoms with E-state index < -0.39 is 5.82 Å². The number of anilines is 1. The summed E-state index contributed by atoms with van der Waals surface area (Å²) < 4.78 is 13.4. The van der Waals surface area contributed by atoms with E-state index in [4.69, 9.17) is 0 Å². The largest absolute Gasteiger partial charge is 0.326 e. The number of carbonyl (C=O) groups excluding carboxylic acids is 1. The smallest absolute Gasteiger partial charge is 0.211 e. The molecule has 0 aliphatic heterocycles. The zero-order valence-electron chi connectivity index (χ0n) is 15.0. The Kier molecular flexibility index (Phi) is 8.97. The van der Waals surface area contributed by atoms with Crippen LogP contribution in [0.1, 0.15) is 19.5 Å². The molecule has 0 radical (unpaired) electrons. The molecule has 0 spiro atoms. The molecule has 0 saturated heterocycles. The summed E-state index contributed by atoms with van der Waals surface area (Å²) in [6.07, 6.45) is 0.437. The van der Waals surface area contributed by atoms with Gasteiger partial charge in [0.2, 0.25) is 6.41 Å². The van der Waals surface area contributed by atoms with E-state index >= 15 is 0 Å². The minimum Gasteiger partial charge on any atom is -0.326 e. The van der Waals surface area contributed by atoms with Crippen LogP contribution in [0.3, 0.4) is 0 Å². The molecule has 3 nitrogen and oxygen atoms in total. The molecule has 2 aromatic carbocycles. The number of rotatable bonds is 6. The average molecular weight is 467 g/mol. The first-order valence-electron chi connectivity index (χ1n) is 8.26. The van der Waals surface area contributed by atoms with Gasteiger partial charge in [0.25, 0.3) is 0 Å². The van der Waals surface area contributed by atoms with Crippen molar-refractivity contribution in [2.24, 2.45) is 0 Å². The predicted molar refractivity (Wildman–Crippen MR) is 118 cm³/mol. The van der Waals surface area contributed by atoms with Crippen LogP contribution in [0.25, 0.3) is 10.6 Å². The number of aromatic nitrogens is 1. The van der Waals surface area contributed by atoms with Crippen LogP contribution in [0.5, 0.6) is 0 Å². The number of carbonyl (C=O) groups is 1. The highest BCUT2D eigenvalue weighted by molar-refractivity contribution is 9.10. The fourth-order valence-corrected chi connectivity index (χ4v) is 3.93. The Morgan fingerprint density at radius 2 is 2.00 bits per heavy atom. The molecule has 0 bridgehead atoms. The lowest BCUT2D eigenvalue weighted by Crippen LogP contribution is -1.96. The molecule has 3 rings (SSSR count). The maximum Gasteiger partial charge on any atom is 0.211 e. The number of nitrogens with zero attached hydrogens (tertiary/aromatic N) is 1. The van der Waals surface area contributed by atoms with Crippen molar-refractivity contribution >= 4 is 51.1 Å². The van der Waals surface area contributed by atoms with Gasteiger partial charge in [0.15, 0.2) is 0 Å². The van der Waals surface area contributed by atoms with E-state index in [1.54, 1.807) is 17.4 Å². The topological polar surface area (TPSA) is 42.0 Å². The monoisotopic (exact) mass is 466 g/mol. The van der Waals surface area contributed by atoms with Gasteiger partial charge in [-0.1, -0.05) is 60.1 Å². The van der Waals surface area contributed by atoms with Gasteiger partial charge in [0, 0.05) is 21.2 Å². The molecule has 1 N–H and O–H groups in total. The Hall–Kier alpha value is -1.70. The Morgan fingerprint density at radius 1 is 1.26 bits per heavy atom. The van der Waals surface area contributed by atoms with Crippen LogP contribution in [0.4, 0.5) is 10.1 Å². The number of halogens is 2. The van der Waals surface area contributed by atoms with Crippen molar-refractivity contribution in [1.29, 1.82) is 0 Å². The van der Waals surface area contributed by atoms with Crippen LogP contribution < -0.4 is 5.32 Å². The van der Waals surface area contributed by atoms with Crippen LogP contribution in [0.15, 0.2) is 58.4 Å². The van der Waals surface area contributed by atoms with Crippen molar-refractivity contribution in [2.45, 2.75) is 24.9 Å². The second-order valence-electron chi connectivity index (χ2n) is 5.76. The minimum absolute atomic E-state index is 0.184. The number of thioether (sulfide) groups is 1. The molecule has 0 aliphatic carbocycles. The lowest BCUT2D eigenvalue weighted by atomic mass is 10.2. The SMILES string of the molecule is CC(C)SCc1csc(-c2ccccc2)n1.O=CNc1ccc(Br)cc1F. The molecule has 27 heavy (non-hydrogen) atoms. The summed E-state index contributed by atoms with van der Waals surface area (Å²) in [6, 6.07) is 14.8. The molecule has 0 aliphatic rings. The van der Waals surface area contributed by atoms with E-state index in [-0.39, 0.29) is 5.69 Å². The van der Waals surface area contributed by atoms with E-state index in [1.165, 1.54) is 23.4 Å². The fourth-order valence-electron chi connectivity index (χ4n) is 2.01. The van der Waals surface area contributed by atoms with Crippen LogP contribution >= 0.6 is 39.0 Å². The van der Waals surface area contributed by atoms with Gasteiger partial charge in [-0.15, -0.1) is 11.3 Å². The van der Waals surface area contributed by atoms with Crippen molar-refractivity contribution in [2.75, 3.05) is 5.32 Å². The van der Waals surface area contributed by atoms with Crippen LogP contribution in [0, 0.1) is 5.82 Å². The van der Waals surface area contributed by atoms with Crippen molar-refractivity contribution < 1.29 is 9.18 Å². The highest BCUT2D eigenvalue weighted by atomic mass is 79.9. The molecule has 142 valence electrons. The molecule has 1 amide bonds. The Balaban J connectivity index is 0.000000208. The quantitative estimate of drug-likeness (QED) is 0.415. The van der Waals surface area contributed by atoms with Crippen molar-refractivity contribution in [3.05, 3.63) is 69.9 Å². The molecule has 0 unspecified atom stereocenters. The number of nitrogens with one attached hydrogen (secondary N) is 1. The molecule has 0 fully saturated rings. The first kappa shape index (κ1) is 21.6. The molecule has 7 heteroatoms. The maximum atomic E-state index is 12.8. The molecular formula is C20H20BrFN2OS2. The average Bonchev–Trinajstić information content (AvgIpc) is 3.13. The van der Waals surface area contributed by atoms with Gasteiger partial charge >= 0.3 is 0 Å². The van der Waals surface area contributed by atoms with E-state index in [1.807, 2.05) is 17.8 Å². The maximum absolute atomic E-state index is 12.8. The summed E-state index contributed by atoms with van der Waals surface area (Å²) in [7, 11) is 0. The third-order valence-corrected chi connectivity index (χ3v) is 5.85. The summed E-state index contributed by atoms with van der Waals surface area (Å²) in [4.78, 5) is 14.6.